The summed E-state index contributed by atoms with van der Waals surface area (Å²) in [6.07, 6.45) is 3.33. The molecule has 0 bridgehead atoms. The van der Waals surface area contributed by atoms with Crippen molar-refractivity contribution in [2.75, 3.05) is 6.26 Å². The maximum absolute atomic E-state index is 12.1. The van der Waals surface area contributed by atoms with Gasteiger partial charge in [0, 0.05) is 10.3 Å². The Morgan fingerprint density at radius 3 is 2.67 bits per heavy atom. The van der Waals surface area contributed by atoms with Crippen molar-refractivity contribution in [2.24, 2.45) is 0 Å². The summed E-state index contributed by atoms with van der Waals surface area (Å²) in [5.41, 5.74) is 1.98. The Morgan fingerprint density at radius 2 is 2.10 bits per heavy atom. The minimum absolute atomic E-state index is 0.0117. The number of amides is 1. The summed E-state index contributed by atoms with van der Waals surface area (Å²) < 4.78 is 0. The summed E-state index contributed by atoms with van der Waals surface area (Å²) >= 11 is 3.33. The van der Waals surface area contributed by atoms with Gasteiger partial charge in [0.1, 0.15) is 0 Å². The van der Waals surface area contributed by atoms with Gasteiger partial charge in [-0.2, -0.15) is 0 Å². The maximum Gasteiger partial charge on any atom is 0.226 e. The van der Waals surface area contributed by atoms with Gasteiger partial charge in [-0.15, -0.1) is 23.1 Å². The lowest BCUT2D eigenvalue weighted by atomic mass is 10.1. The Morgan fingerprint density at radius 1 is 1.38 bits per heavy atom. The summed E-state index contributed by atoms with van der Waals surface area (Å²) in [7, 11) is 0. The Labute approximate surface area is 134 Å². The van der Waals surface area contributed by atoms with E-state index in [0.29, 0.717) is 6.42 Å². The van der Waals surface area contributed by atoms with Crippen LogP contribution in [0.3, 0.4) is 0 Å². The predicted octanol–water partition coefficient (Wildman–Crippen LogP) is 3.85. The van der Waals surface area contributed by atoms with Gasteiger partial charge in [-0.05, 0) is 37.3 Å². The molecule has 0 aliphatic rings. The zero-order chi connectivity index (χ0) is 15.2. The van der Waals surface area contributed by atoms with Crippen molar-refractivity contribution >= 4 is 29.0 Å². The van der Waals surface area contributed by atoms with Crippen LogP contribution in [-0.4, -0.2) is 17.1 Å². The molecular formula is C16H20N2OS2. The highest BCUT2D eigenvalue weighted by atomic mass is 32.2. The minimum atomic E-state index is 0.0117. The van der Waals surface area contributed by atoms with E-state index < -0.39 is 0 Å². The molecule has 1 atom stereocenters. The molecule has 0 saturated heterocycles. The van der Waals surface area contributed by atoms with Gasteiger partial charge in [-0.25, -0.2) is 4.98 Å². The van der Waals surface area contributed by atoms with Gasteiger partial charge in [0.15, 0.2) is 0 Å². The number of nitrogens with zero attached hydrogens (tertiary/aromatic N) is 1. The fourth-order valence-corrected chi connectivity index (χ4v) is 3.18. The van der Waals surface area contributed by atoms with Gasteiger partial charge in [0.25, 0.3) is 0 Å². The van der Waals surface area contributed by atoms with Crippen LogP contribution in [0.1, 0.15) is 36.2 Å². The molecule has 0 unspecified atom stereocenters. The molecule has 1 N–H and O–H groups in total. The molecule has 112 valence electrons. The van der Waals surface area contributed by atoms with Crippen LogP contribution in [0.25, 0.3) is 0 Å². The van der Waals surface area contributed by atoms with Crippen LogP contribution in [-0.2, 0) is 17.6 Å². The highest BCUT2D eigenvalue weighted by Gasteiger charge is 2.11. The van der Waals surface area contributed by atoms with Crippen molar-refractivity contribution in [1.82, 2.24) is 10.3 Å². The van der Waals surface area contributed by atoms with Crippen LogP contribution < -0.4 is 5.32 Å². The van der Waals surface area contributed by atoms with Crippen LogP contribution in [0, 0.1) is 0 Å². The largest absolute Gasteiger partial charge is 0.349 e. The van der Waals surface area contributed by atoms with Crippen LogP contribution in [0.15, 0.2) is 34.5 Å². The Bertz CT molecular complexity index is 593. The molecule has 1 heterocycles. The maximum atomic E-state index is 12.1. The highest BCUT2D eigenvalue weighted by Crippen LogP contribution is 2.19. The number of benzene rings is 1. The van der Waals surface area contributed by atoms with Gasteiger partial charge in [-0.3, -0.25) is 4.79 Å². The molecule has 2 rings (SSSR count). The monoisotopic (exact) mass is 320 g/mol. The smallest absolute Gasteiger partial charge is 0.226 e. The zero-order valence-electron chi connectivity index (χ0n) is 12.6. The third-order valence-electron chi connectivity index (χ3n) is 3.24. The Balaban J connectivity index is 1.91. The first-order chi connectivity index (χ1) is 10.1. The molecule has 0 fully saturated rings. The van der Waals surface area contributed by atoms with E-state index in [1.807, 2.05) is 12.3 Å². The first-order valence-corrected chi connectivity index (χ1v) is 9.09. The fraction of sp³-hybridized carbons (Fsp3) is 0.375. The van der Waals surface area contributed by atoms with Gasteiger partial charge >= 0.3 is 0 Å². The van der Waals surface area contributed by atoms with E-state index in [9.17, 15) is 4.79 Å². The predicted molar refractivity (Wildman–Crippen MR) is 90.0 cm³/mol. The summed E-state index contributed by atoms with van der Waals surface area (Å²) in [4.78, 5) is 17.7. The molecule has 2 aromatic rings. The number of aromatic nitrogens is 1. The highest BCUT2D eigenvalue weighted by molar-refractivity contribution is 7.98. The van der Waals surface area contributed by atoms with Crippen molar-refractivity contribution in [2.45, 2.75) is 37.6 Å². The number of thioether (sulfide) groups is 1. The number of nitrogens with one attached hydrogen (secondary N) is 1. The number of hydrogen-bond donors (Lipinski definition) is 1. The first-order valence-electron chi connectivity index (χ1n) is 6.99. The fourth-order valence-electron chi connectivity index (χ4n) is 2.03. The average molecular weight is 320 g/mol. The summed E-state index contributed by atoms with van der Waals surface area (Å²) in [5, 5.41) is 6.08. The van der Waals surface area contributed by atoms with Crippen molar-refractivity contribution < 1.29 is 4.79 Å². The Kier molecular flexibility index (Phi) is 5.82. The molecule has 0 radical (unpaired) electrons. The summed E-state index contributed by atoms with van der Waals surface area (Å²) in [6, 6.07) is 8.30. The van der Waals surface area contributed by atoms with Crippen molar-refractivity contribution in [1.29, 1.82) is 0 Å². The molecule has 1 aromatic carbocycles. The normalized spacial score (nSPS) is 12.1. The van der Waals surface area contributed by atoms with E-state index in [4.69, 9.17) is 0 Å². The van der Waals surface area contributed by atoms with E-state index in [0.717, 1.165) is 22.7 Å². The molecule has 5 heteroatoms. The lowest BCUT2D eigenvalue weighted by Crippen LogP contribution is -2.28. The van der Waals surface area contributed by atoms with Crippen LogP contribution >= 0.6 is 23.1 Å². The van der Waals surface area contributed by atoms with Crippen LogP contribution in [0.4, 0.5) is 0 Å². The molecule has 1 aromatic heterocycles. The quantitative estimate of drug-likeness (QED) is 0.822. The number of aryl methyl sites for hydroxylation is 1. The van der Waals surface area contributed by atoms with Crippen LogP contribution in [0.5, 0.6) is 0 Å². The number of rotatable bonds is 6. The van der Waals surface area contributed by atoms with Crippen molar-refractivity contribution in [3.63, 3.8) is 0 Å². The van der Waals surface area contributed by atoms with Crippen molar-refractivity contribution in [3.05, 3.63) is 45.9 Å². The van der Waals surface area contributed by atoms with E-state index >= 15 is 0 Å². The second-order valence-corrected chi connectivity index (χ2v) is 6.65. The van der Waals surface area contributed by atoms with Gasteiger partial charge in [-0.1, -0.05) is 19.1 Å². The molecule has 0 aliphatic carbocycles. The average Bonchev–Trinajstić information content (AvgIpc) is 2.94. The zero-order valence-corrected chi connectivity index (χ0v) is 14.2. The Hall–Kier alpha value is -1.33. The van der Waals surface area contributed by atoms with E-state index in [-0.39, 0.29) is 11.9 Å². The SMILES string of the molecule is CCc1nc(CC(=O)N[C@H](C)c2ccc(SC)cc2)cs1. The van der Waals surface area contributed by atoms with Gasteiger partial charge in [0.2, 0.25) is 5.91 Å². The molecule has 3 nitrogen and oxygen atoms in total. The summed E-state index contributed by atoms with van der Waals surface area (Å²) in [5.74, 6) is 0.0180. The standard InChI is InChI=1S/C16H20N2OS2/c1-4-16-18-13(10-21-16)9-15(19)17-11(2)12-5-7-14(20-3)8-6-12/h5-8,10-11H,4,9H2,1-3H3,(H,17,19)/t11-/m1/s1. The van der Waals surface area contributed by atoms with E-state index in [1.165, 1.54) is 4.90 Å². The second-order valence-electron chi connectivity index (χ2n) is 4.83. The molecular weight excluding hydrogens is 300 g/mol. The molecule has 0 spiro atoms. The van der Waals surface area contributed by atoms with E-state index in [1.54, 1.807) is 23.1 Å². The first kappa shape index (κ1) is 16.0. The van der Waals surface area contributed by atoms with Gasteiger partial charge < -0.3 is 5.32 Å². The second kappa shape index (κ2) is 7.61. The summed E-state index contributed by atoms with van der Waals surface area (Å²) in [6.45, 7) is 4.08. The number of carbonyl (C=O) groups excluding carboxylic acids is 1. The lowest BCUT2D eigenvalue weighted by molar-refractivity contribution is -0.121. The number of thiazole rings is 1. The number of carbonyl (C=O) groups is 1. The van der Waals surface area contributed by atoms with Crippen molar-refractivity contribution in [3.8, 4) is 0 Å². The molecule has 0 saturated carbocycles. The van der Waals surface area contributed by atoms with Crippen LogP contribution in [0.2, 0.25) is 0 Å². The molecule has 0 aliphatic heterocycles. The topological polar surface area (TPSA) is 42.0 Å². The third-order valence-corrected chi connectivity index (χ3v) is 5.02. The minimum Gasteiger partial charge on any atom is -0.349 e. The van der Waals surface area contributed by atoms with E-state index in [2.05, 4.69) is 47.7 Å². The number of hydrogen-bond acceptors (Lipinski definition) is 4. The molecule has 21 heavy (non-hydrogen) atoms. The molecule has 1 amide bonds. The lowest BCUT2D eigenvalue weighted by Gasteiger charge is -2.14. The third kappa shape index (κ3) is 4.58. The van der Waals surface area contributed by atoms with Gasteiger partial charge in [0.05, 0.1) is 23.2 Å².